The van der Waals surface area contributed by atoms with Crippen molar-refractivity contribution in [2.24, 2.45) is 0 Å². The summed E-state index contributed by atoms with van der Waals surface area (Å²) >= 11 is 5.94. The second kappa shape index (κ2) is 13.9. The van der Waals surface area contributed by atoms with Crippen LogP contribution in [0.25, 0.3) is 11.1 Å². The van der Waals surface area contributed by atoms with Gasteiger partial charge in [-0.15, -0.1) is 0 Å². The molecule has 0 radical (unpaired) electrons. The van der Waals surface area contributed by atoms with Crippen molar-refractivity contribution in [3.8, 4) is 11.1 Å². The van der Waals surface area contributed by atoms with Crippen molar-refractivity contribution in [3.63, 3.8) is 0 Å². The summed E-state index contributed by atoms with van der Waals surface area (Å²) in [7, 11) is 0. The van der Waals surface area contributed by atoms with E-state index in [9.17, 15) is 35.1 Å². The van der Waals surface area contributed by atoms with Gasteiger partial charge in [-0.3, -0.25) is 0 Å². The van der Waals surface area contributed by atoms with E-state index >= 15 is 0 Å². The second-order valence-electron chi connectivity index (χ2n) is 9.13. The standard InChI is InChI=1S/C29H31ClN2O9/c30-20-8-2-6-18(13-20)22(33)15-31-10-11-32-21-9-3-5-17(14-21)16-4-1-7-19(12-16)28(39)41-29-25(36)23(34)24(35)26(40-29)27(37)38/h1-9,12-14,22-26,29,31-36H,10-11,15H2,(H,37,38)/t22-,23?,24-,25+,26-,29-/m0/s1/i10D2,11D2. The Balaban J connectivity index is 1.45. The maximum absolute atomic E-state index is 12.8. The smallest absolute Gasteiger partial charge is 0.340 e. The third-order valence-electron chi connectivity index (χ3n) is 6.22. The van der Waals surface area contributed by atoms with Gasteiger partial charge >= 0.3 is 11.9 Å². The summed E-state index contributed by atoms with van der Waals surface area (Å²) in [4.78, 5) is 24.2. The molecule has 41 heavy (non-hydrogen) atoms. The van der Waals surface area contributed by atoms with E-state index in [4.69, 9.17) is 26.6 Å². The number of ether oxygens (including phenoxy) is 2. The van der Waals surface area contributed by atoms with Crippen LogP contribution in [0.3, 0.4) is 0 Å². The summed E-state index contributed by atoms with van der Waals surface area (Å²) < 4.78 is 43.4. The number of aliphatic hydroxyl groups excluding tert-OH is 4. The van der Waals surface area contributed by atoms with E-state index in [2.05, 4.69) is 10.6 Å². The fourth-order valence-corrected chi connectivity index (χ4v) is 4.25. The summed E-state index contributed by atoms with van der Waals surface area (Å²) in [5.74, 6) is -2.66. The highest BCUT2D eigenvalue weighted by Crippen LogP contribution is 2.26. The summed E-state index contributed by atoms with van der Waals surface area (Å²) in [5, 5.41) is 54.9. The molecule has 6 atom stereocenters. The molecular weight excluding hydrogens is 556 g/mol. The Morgan fingerprint density at radius 2 is 1.66 bits per heavy atom. The molecule has 0 saturated carbocycles. The van der Waals surface area contributed by atoms with E-state index in [1.54, 1.807) is 36.4 Å². The highest BCUT2D eigenvalue weighted by atomic mass is 35.5. The number of carbonyl (C=O) groups is 2. The Kier molecular flexibility index (Phi) is 8.52. The number of carbonyl (C=O) groups excluding carboxylic acids is 1. The lowest BCUT2D eigenvalue weighted by atomic mass is 9.99. The van der Waals surface area contributed by atoms with Gasteiger partial charge in [-0.05, 0) is 53.1 Å². The van der Waals surface area contributed by atoms with E-state index < -0.39 is 61.7 Å². The maximum Gasteiger partial charge on any atom is 0.340 e. The number of esters is 1. The first kappa shape index (κ1) is 25.2. The lowest BCUT2D eigenvalue weighted by molar-refractivity contribution is -0.278. The van der Waals surface area contributed by atoms with Gasteiger partial charge in [0.15, 0.2) is 6.10 Å². The highest BCUT2D eigenvalue weighted by Gasteiger charge is 2.48. The first-order valence-electron chi connectivity index (χ1n) is 14.4. The number of benzene rings is 3. The van der Waals surface area contributed by atoms with Gasteiger partial charge < -0.3 is 45.6 Å². The number of aliphatic carboxylic acids is 1. The molecule has 4 rings (SSSR count). The molecule has 1 saturated heterocycles. The van der Waals surface area contributed by atoms with Crippen molar-refractivity contribution in [3.05, 3.63) is 88.9 Å². The topological polar surface area (TPSA) is 178 Å². The fourth-order valence-electron chi connectivity index (χ4n) is 4.05. The average Bonchev–Trinajstić information content (AvgIpc) is 2.99. The van der Waals surface area contributed by atoms with Gasteiger partial charge in [-0.1, -0.05) is 48.0 Å². The van der Waals surface area contributed by atoms with Crippen molar-refractivity contribution in [1.82, 2.24) is 5.32 Å². The minimum atomic E-state index is -2.67. The normalized spacial score (nSPS) is 25.1. The molecule has 11 nitrogen and oxygen atoms in total. The van der Waals surface area contributed by atoms with E-state index in [0.29, 0.717) is 21.7 Å². The van der Waals surface area contributed by atoms with E-state index in [1.165, 1.54) is 36.4 Å². The Labute approximate surface area is 246 Å². The maximum atomic E-state index is 12.8. The number of carboxylic acid groups (broad SMARTS) is 1. The molecule has 0 aromatic heterocycles. The monoisotopic (exact) mass is 590 g/mol. The Bertz CT molecular complexity index is 1530. The Morgan fingerprint density at radius 3 is 2.39 bits per heavy atom. The molecule has 218 valence electrons. The molecule has 0 bridgehead atoms. The van der Waals surface area contributed by atoms with Crippen LogP contribution in [0.2, 0.25) is 5.02 Å². The molecule has 1 aliphatic rings. The molecule has 1 unspecified atom stereocenters. The number of hydrogen-bond acceptors (Lipinski definition) is 10. The van der Waals surface area contributed by atoms with Crippen LogP contribution in [0.15, 0.2) is 72.8 Å². The minimum absolute atomic E-state index is 0.0386. The number of halogens is 1. The van der Waals surface area contributed by atoms with Crippen LogP contribution in [-0.4, -0.2) is 87.7 Å². The molecule has 1 fully saturated rings. The van der Waals surface area contributed by atoms with Gasteiger partial charge in [0.25, 0.3) is 0 Å². The molecule has 1 heterocycles. The third-order valence-corrected chi connectivity index (χ3v) is 6.45. The van der Waals surface area contributed by atoms with Crippen LogP contribution in [0.1, 0.15) is 27.5 Å². The molecule has 7 N–H and O–H groups in total. The molecule has 0 amide bonds. The predicted molar refractivity (Wildman–Crippen MR) is 149 cm³/mol. The van der Waals surface area contributed by atoms with Gasteiger partial charge in [0, 0.05) is 33.0 Å². The molecule has 3 aromatic carbocycles. The van der Waals surface area contributed by atoms with Crippen LogP contribution in [-0.2, 0) is 14.3 Å². The van der Waals surface area contributed by atoms with Crippen LogP contribution in [0.4, 0.5) is 5.69 Å². The lowest BCUT2D eigenvalue weighted by Gasteiger charge is -2.37. The quantitative estimate of drug-likeness (QED) is 0.162. The van der Waals surface area contributed by atoms with Crippen LogP contribution < -0.4 is 10.6 Å². The summed E-state index contributed by atoms with van der Waals surface area (Å²) in [6, 6.07) is 18.6. The average molecular weight is 591 g/mol. The zero-order valence-corrected chi connectivity index (χ0v) is 22.1. The first-order chi connectivity index (χ1) is 21.1. The molecule has 12 heteroatoms. The number of aliphatic hydroxyl groups is 4. The zero-order valence-electron chi connectivity index (χ0n) is 25.3. The van der Waals surface area contributed by atoms with E-state index in [1.807, 2.05) is 0 Å². The van der Waals surface area contributed by atoms with Gasteiger partial charge in [0.1, 0.15) is 18.3 Å². The number of anilines is 1. The highest BCUT2D eigenvalue weighted by molar-refractivity contribution is 6.30. The summed E-state index contributed by atoms with van der Waals surface area (Å²) in [6.07, 6.45) is -10.8. The first-order valence-corrected chi connectivity index (χ1v) is 12.8. The summed E-state index contributed by atoms with van der Waals surface area (Å²) in [6.45, 7) is -5.63. The van der Waals surface area contributed by atoms with Crippen molar-refractivity contribution in [2.75, 3.05) is 24.9 Å². The molecular formula is C29H31ClN2O9. The van der Waals surface area contributed by atoms with Gasteiger partial charge in [-0.2, -0.15) is 0 Å². The van der Waals surface area contributed by atoms with Crippen LogP contribution >= 0.6 is 11.6 Å². The van der Waals surface area contributed by atoms with Gasteiger partial charge in [0.05, 0.1) is 14.4 Å². The van der Waals surface area contributed by atoms with Crippen molar-refractivity contribution >= 4 is 29.2 Å². The third kappa shape index (κ3) is 7.80. The molecule has 0 spiro atoms. The molecule has 0 aliphatic carbocycles. The fraction of sp³-hybridized carbons (Fsp3) is 0.310. The lowest BCUT2D eigenvalue weighted by Crippen LogP contribution is -2.60. The second-order valence-corrected chi connectivity index (χ2v) is 9.57. The van der Waals surface area contributed by atoms with Gasteiger partial charge in [0.2, 0.25) is 6.29 Å². The van der Waals surface area contributed by atoms with Gasteiger partial charge in [-0.25, -0.2) is 9.59 Å². The largest absolute Gasteiger partial charge is 0.479 e. The van der Waals surface area contributed by atoms with Crippen molar-refractivity contribution in [2.45, 2.75) is 36.8 Å². The van der Waals surface area contributed by atoms with Crippen molar-refractivity contribution < 1.29 is 50.1 Å². The zero-order chi connectivity index (χ0) is 33.1. The van der Waals surface area contributed by atoms with Crippen LogP contribution in [0.5, 0.6) is 0 Å². The number of rotatable bonds is 11. The van der Waals surface area contributed by atoms with Crippen molar-refractivity contribution in [1.29, 1.82) is 0 Å². The number of carboxylic acids is 1. The molecule has 3 aromatic rings. The van der Waals surface area contributed by atoms with Crippen LogP contribution in [0, 0.1) is 0 Å². The molecule has 1 aliphatic heterocycles. The predicted octanol–water partition coefficient (Wildman–Crippen LogP) is 1.79. The van der Waals surface area contributed by atoms with E-state index in [-0.39, 0.29) is 17.8 Å². The minimum Gasteiger partial charge on any atom is -0.479 e. The number of hydrogen-bond donors (Lipinski definition) is 7. The Morgan fingerprint density at radius 1 is 0.951 bits per heavy atom. The number of nitrogens with one attached hydrogen (secondary N) is 2. The summed E-state index contributed by atoms with van der Waals surface area (Å²) in [5.41, 5.74) is 1.54. The SMILES string of the molecule is [2H]C([2H])(NC[C@H](O)c1cccc(Cl)c1)C([2H])([2H])Nc1cccc(-c2cccc(C(=O)O[C@@H]3O[C@H](C(=O)O)[C@@H](O)C(O)[C@H]3O)c2)c1. The van der Waals surface area contributed by atoms with E-state index in [0.717, 1.165) is 0 Å². The Hall–Kier alpha value is -3.55.